The maximum absolute atomic E-state index is 12.7. The van der Waals surface area contributed by atoms with E-state index < -0.39 is 0 Å². The summed E-state index contributed by atoms with van der Waals surface area (Å²) in [5, 5.41) is 14.1. The Labute approximate surface area is 164 Å². The standard InChI is InChI=1S/C19H18BrN3O2S/c20-17-4-2-1-3-15(17)9-10-23(11-14-5-7-16(24)8-6-14)19(25)22-18-12-26-13-21-18/h1-8,12-13,24H,9-11H2,(H,22,25). The highest BCUT2D eigenvalue weighted by atomic mass is 79.9. The Morgan fingerprint density at radius 3 is 2.65 bits per heavy atom. The van der Waals surface area contributed by atoms with Crippen molar-refractivity contribution in [2.45, 2.75) is 13.0 Å². The van der Waals surface area contributed by atoms with E-state index in [1.165, 1.54) is 11.3 Å². The van der Waals surface area contributed by atoms with Crippen molar-refractivity contribution in [3.05, 3.63) is 75.0 Å². The molecule has 0 saturated heterocycles. The summed E-state index contributed by atoms with van der Waals surface area (Å²) in [4.78, 5) is 18.6. The van der Waals surface area contributed by atoms with Gasteiger partial charge in [0, 0.05) is 22.9 Å². The minimum absolute atomic E-state index is 0.198. The van der Waals surface area contributed by atoms with Gasteiger partial charge in [-0.1, -0.05) is 46.3 Å². The summed E-state index contributed by atoms with van der Waals surface area (Å²) in [6.07, 6.45) is 0.726. The normalized spacial score (nSPS) is 10.5. The fraction of sp³-hybridized carbons (Fsp3) is 0.158. The highest BCUT2D eigenvalue weighted by Crippen LogP contribution is 2.18. The summed E-state index contributed by atoms with van der Waals surface area (Å²) in [7, 11) is 0. The van der Waals surface area contributed by atoms with E-state index in [0.29, 0.717) is 18.9 Å². The predicted octanol–water partition coefficient (Wildman–Crippen LogP) is 4.89. The molecule has 0 aliphatic carbocycles. The van der Waals surface area contributed by atoms with Gasteiger partial charge in [-0.05, 0) is 35.7 Å². The number of thiazole rings is 1. The van der Waals surface area contributed by atoms with Crippen molar-refractivity contribution in [3.8, 4) is 5.75 Å². The molecule has 7 heteroatoms. The molecule has 0 saturated carbocycles. The third-order valence-corrected chi connectivity index (χ3v) is 5.23. The first-order valence-corrected chi connectivity index (χ1v) is 9.81. The number of urea groups is 1. The Kier molecular flexibility index (Phi) is 6.25. The van der Waals surface area contributed by atoms with Crippen LogP contribution >= 0.6 is 27.3 Å². The van der Waals surface area contributed by atoms with E-state index in [1.54, 1.807) is 27.9 Å². The highest BCUT2D eigenvalue weighted by molar-refractivity contribution is 9.10. The lowest BCUT2D eigenvalue weighted by atomic mass is 10.1. The lowest BCUT2D eigenvalue weighted by molar-refractivity contribution is 0.209. The van der Waals surface area contributed by atoms with Gasteiger partial charge in [0.2, 0.25) is 0 Å². The number of aromatic hydroxyl groups is 1. The van der Waals surface area contributed by atoms with Gasteiger partial charge in [-0.3, -0.25) is 5.32 Å². The van der Waals surface area contributed by atoms with Crippen LogP contribution in [-0.4, -0.2) is 27.6 Å². The molecule has 0 bridgehead atoms. The molecule has 0 fully saturated rings. The lowest BCUT2D eigenvalue weighted by Gasteiger charge is -2.23. The van der Waals surface area contributed by atoms with Crippen LogP contribution in [0.4, 0.5) is 10.6 Å². The molecule has 0 aliphatic rings. The molecule has 0 aliphatic heterocycles. The zero-order chi connectivity index (χ0) is 18.4. The summed E-state index contributed by atoms with van der Waals surface area (Å²) in [6.45, 7) is 1.00. The van der Waals surface area contributed by atoms with E-state index in [-0.39, 0.29) is 11.8 Å². The molecule has 5 nitrogen and oxygen atoms in total. The fourth-order valence-electron chi connectivity index (χ4n) is 2.49. The molecule has 0 atom stereocenters. The zero-order valence-electron chi connectivity index (χ0n) is 13.9. The molecule has 134 valence electrons. The van der Waals surface area contributed by atoms with Gasteiger partial charge in [-0.25, -0.2) is 9.78 Å². The molecule has 2 aromatic carbocycles. The maximum atomic E-state index is 12.7. The van der Waals surface area contributed by atoms with E-state index in [2.05, 4.69) is 26.2 Å². The minimum atomic E-state index is -0.198. The van der Waals surface area contributed by atoms with Crippen LogP contribution in [0.5, 0.6) is 5.75 Å². The summed E-state index contributed by atoms with van der Waals surface area (Å²) in [5.74, 6) is 0.761. The molecule has 3 aromatic rings. The van der Waals surface area contributed by atoms with Crippen LogP contribution < -0.4 is 5.32 Å². The van der Waals surface area contributed by atoms with Crippen LogP contribution in [0, 0.1) is 0 Å². The van der Waals surface area contributed by atoms with Crippen molar-refractivity contribution in [1.82, 2.24) is 9.88 Å². The number of rotatable bonds is 6. The van der Waals surface area contributed by atoms with Crippen molar-refractivity contribution in [2.24, 2.45) is 0 Å². The zero-order valence-corrected chi connectivity index (χ0v) is 16.3. The van der Waals surface area contributed by atoms with Gasteiger partial charge < -0.3 is 10.0 Å². The first-order chi connectivity index (χ1) is 12.6. The Hall–Kier alpha value is -2.38. The fourth-order valence-corrected chi connectivity index (χ4v) is 3.46. The van der Waals surface area contributed by atoms with E-state index >= 15 is 0 Å². The molecule has 0 radical (unpaired) electrons. The molecule has 3 rings (SSSR count). The van der Waals surface area contributed by atoms with Crippen LogP contribution in [0.3, 0.4) is 0 Å². The first-order valence-electron chi connectivity index (χ1n) is 8.07. The number of phenols is 1. The number of phenolic OH excluding ortho intramolecular Hbond substituents is 1. The summed E-state index contributed by atoms with van der Waals surface area (Å²) in [6, 6.07) is 14.7. The Balaban J connectivity index is 1.72. The van der Waals surface area contributed by atoms with Gasteiger partial charge in [0.05, 0.1) is 5.51 Å². The van der Waals surface area contributed by atoms with Crippen molar-refractivity contribution >= 4 is 39.1 Å². The maximum Gasteiger partial charge on any atom is 0.323 e. The van der Waals surface area contributed by atoms with Crippen LogP contribution in [0.25, 0.3) is 0 Å². The Morgan fingerprint density at radius 2 is 1.96 bits per heavy atom. The molecule has 1 heterocycles. The number of amides is 2. The van der Waals surface area contributed by atoms with Crippen LogP contribution in [0.2, 0.25) is 0 Å². The highest BCUT2D eigenvalue weighted by Gasteiger charge is 2.15. The second-order valence-electron chi connectivity index (χ2n) is 5.73. The summed E-state index contributed by atoms with van der Waals surface area (Å²) >= 11 is 4.98. The van der Waals surface area contributed by atoms with Gasteiger partial charge in [0.15, 0.2) is 0 Å². The monoisotopic (exact) mass is 431 g/mol. The van der Waals surface area contributed by atoms with Gasteiger partial charge in [0.25, 0.3) is 0 Å². The van der Waals surface area contributed by atoms with Gasteiger partial charge in [-0.2, -0.15) is 0 Å². The van der Waals surface area contributed by atoms with Crippen LogP contribution in [0.15, 0.2) is 63.9 Å². The number of carbonyl (C=O) groups excluding carboxylic acids is 1. The second-order valence-corrected chi connectivity index (χ2v) is 7.31. The van der Waals surface area contributed by atoms with Crippen molar-refractivity contribution < 1.29 is 9.90 Å². The van der Waals surface area contributed by atoms with E-state index in [1.807, 2.05) is 36.4 Å². The van der Waals surface area contributed by atoms with Crippen molar-refractivity contribution in [3.63, 3.8) is 0 Å². The number of halogens is 1. The smallest absolute Gasteiger partial charge is 0.323 e. The SMILES string of the molecule is O=C(Nc1cscn1)N(CCc1ccccc1Br)Cc1ccc(O)cc1. The number of benzene rings is 2. The van der Waals surface area contributed by atoms with Crippen molar-refractivity contribution in [2.75, 3.05) is 11.9 Å². The van der Waals surface area contributed by atoms with E-state index in [0.717, 1.165) is 22.0 Å². The molecule has 0 unspecified atom stereocenters. The number of hydrogen-bond donors (Lipinski definition) is 2. The predicted molar refractivity (Wildman–Crippen MR) is 107 cm³/mol. The molecule has 2 amide bonds. The Morgan fingerprint density at radius 1 is 1.19 bits per heavy atom. The molecule has 1 aromatic heterocycles. The van der Waals surface area contributed by atoms with E-state index in [9.17, 15) is 9.90 Å². The van der Waals surface area contributed by atoms with Crippen LogP contribution in [0.1, 0.15) is 11.1 Å². The largest absolute Gasteiger partial charge is 0.508 e. The summed E-state index contributed by atoms with van der Waals surface area (Å²) < 4.78 is 1.03. The average Bonchev–Trinajstić information content (AvgIpc) is 3.14. The number of nitrogens with one attached hydrogen (secondary N) is 1. The van der Waals surface area contributed by atoms with Gasteiger partial charge >= 0.3 is 6.03 Å². The number of carbonyl (C=O) groups is 1. The number of hydrogen-bond acceptors (Lipinski definition) is 4. The number of aromatic nitrogens is 1. The molecule has 26 heavy (non-hydrogen) atoms. The molecular weight excluding hydrogens is 414 g/mol. The van der Waals surface area contributed by atoms with Gasteiger partial charge in [-0.15, -0.1) is 11.3 Å². The molecule has 2 N–H and O–H groups in total. The van der Waals surface area contributed by atoms with Gasteiger partial charge in [0.1, 0.15) is 11.6 Å². The van der Waals surface area contributed by atoms with Crippen molar-refractivity contribution in [1.29, 1.82) is 0 Å². The quantitative estimate of drug-likeness (QED) is 0.583. The third-order valence-electron chi connectivity index (χ3n) is 3.87. The Bertz CT molecular complexity index is 853. The van der Waals surface area contributed by atoms with E-state index in [4.69, 9.17) is 0 Å². The molecular formula is C19H18BrN3O2S. The summed E-state index contributed by atoms with van der Waals surface area (Å²) in [5.41, 5.74) is 3.77. The number of anilines is 1. The first kappa shape index (κ1) is 18.4. The minimum Gasteiger partial charge on any atom is -0.508 e. The average molecular weight is 432 g/mol. The lowest BCUT2D eigenvalue weighted by Crippen LogP contribution is -2.36. The third kappa shape index (κ3) is 5.06. The number of nitrogens with zero attached hydrogens (tertiary/aromatic N) is 2. The topological polar surface area (TPSA) is 65.5 Å². The molecule has 0 spiro atoms. The van der Waals surface area contributed by atoms with Crippen LogP contribution in [-0.2, 0) is 13.0 Å². The second kappa shape index (κ2) is 8.82.